The van der Waals surface area contributed by atoms with E-state index in [1.165, 1.54) is 30.6 Å². The lowest BCUT2D eigenvalue weighted by molar-refractivity contribution is -0.121. The van der Waals surface area contributed by atoms with E-state index in [0.29, 0.717) is 39.0 Å². The molecule has 2 amide bonds. The van der Waals surface area contributed by atoms with Crippen LogP contribution in [0.4, 0.5) is 9.59 Å². The van der Waals surface area contributed by atoms with E-state index < -0.39 is 11.2 Å². The lowest BCUT2D eigenvalue weighted by Gasteiger charge is -2.30. The SMILES string of the molecule is CC(C)(C)OC(=O)N1CCC(=O)CC1.CCc1nc2cnccc2s1.Cc1sc2c(c1-c1nc3cnccc3s1)CCN(C(=O)OC(C)(C)C)C2. The molecule has 51 heavy (non-hydrogen) atoms. The topological polar surface area (TPSA) is 128 Å². The van der Waals surface area contributed by atoms with Crippen LogP contribution in [0.15, 0.2) is 36.9 Å². The molecule has 0 unspecified atom stereocenters. The zero-order valence-corrected chi connectivity index (χ0v) is 33.0. The van der Waals surface area contributed by atoms with Gasteiger partial charge in [-0.2, -0.15) is 0 Å². The lowest BCUT2D eigenvalue weighted by atomic mass is 10.0. The predicted octanol–water partition coefficient (Wildman–Crippen LogP) is 8.86. The van der Waals surface area contributed by atoms with E-state index in [9.17, 15) is 14.4 Å². The van der Waals surface area contributed by atoms with Crippen molar-refractivity contribution in [1.82, 2.24) is 29.7 Å². The highest BCUT2D eigenvalue weighted by Crippen LogP contribution is 2.42. The minimum Gasteiger partial charge on any atom is -0.444 e. The Morgan fingerprint density at radius 2 is 1.33 bits per heavy atom. The van der Waals surface area contributed by atoms with Crippen LogP contribution in [-0.2, 0) is 33.7 Å². The summed E-state index contributed by atoms with van der Waals surface area (Å²) in [5, 5.41) is 2.24. The smallest absolute Gasteiger partial charge is 0.410 e. The van der Waals surface area contributed by atoms with Gasteiger partial charge in [-0.15, -0.1) is 34.0 Å². The molecule has 14 heteroatoms. The summed E-state index contributed by atoms with van der Waals surface area (Å²) in [4.78, 5) is 58.1. The molecule has 2 aliphatic rings. The van der Waals surface area contributed by atoms with Crippen molar-refractivity contribution in [2.45, 2.75) is 98.8 Å². The number of ketones is 1. The van der Waals surface area contributed by atoms with Crippen LogP contribution in [0.1, 0.15) is 81.6 Å². The van der Waals surface area contributed by atoms with Crippen molar-refractivity contribution in [3.63, 3.8) is 0 Å². The first kappa shape index (κ1) is 38.2. The number of Topliss-reactive ketones (excluding diaryl/α,β-unsaturated/α-hetero) is 1. The minimum atomic E-state index is -0.469. The molecule has 2 aliphatic heterocycles. The van der Waals surface area contributed by atoms with E-state index in [-0.39, 0.29) is 18.0 Å². The molecular formula is C37H46N6O5S3. The quantitative estimate of drug-likeness (QED) is 0.174. The van der Waals surface area contributed by atoms with Crippen molar-refractivity contribution in [3.8, 4) is 10.6 Å². The van der Waals surface area contributed by atoms with Gasteiger partial charge in [0.15, 0.2) is 0 Å². The molecule has 1 fully saturated rings. The fraction of sp³-hybridized carbons (Fsp3) is 0.486. The maximum atomic E-state index is 12.4. The summed E-state index contributed by atoms with van der Waals surface area (Å²) in [6, 6.07) is 4.01. The fourth-order valence-electron chi connectivity index (χ4n) is 5.43. The van der Waals surface area contributed by atoms with Crippen molar-refractivity contribution in [3.05, 3.63) is 57.2 Å². The van der Waals surface area contributed by atoms with E-state index >= 15 is 0 Å². The van der Waals surface area contributed by atoms with Crippen molar-refractivity contribution in [2.75, 3.05) is 19.6 Å². The first-order valence-electron chi connectivity index (χ1n) is 17.1. The molecule has 0 atom stereocenters. The molecule has 0 bridgehead atoms. The number of hydrogen-bond acceptors (Lipinski definition) is 12. The summed E-state index contributed by atoms with van der Waals surface area (Å²) in [5.41, 5.74) is 3.61. The van der Waals surface area contributed by atoms with Crippen LogP contribution < -0.4 is 0 Å². The number of aromatic nitrogens is 4. The van der Waals surface area contributed by atoms with Gasteiger partial charge in [0, 0.05) is 60.2 Å². The lowest BCUT2D eigenvalue weighted by Crippen LogP contribution is -2.41. The highest BCUT2D eigenvalue weighted by atomic mass is 32.1. The molecule has 0 saturated carbocycles. The van der Waals surface area contributed by atoms with Crippen molar-refractivity contribution < 1.29 is 23.9 Å². The Hall–Kier alpha value is -4.01. The average molecular weight is 751 g/mol. The van der Waals surface area contributed by atoms with Gasteiger partial charge in [0.05, 0.1) is 38.9 Å². The first-order chi connectivity index (χ1) is 24.1. The Labute approximate surface area is 311 Å². The molecular weight excluding hydrogens is 705 g/mol. The van der Waals surface area contributed by atoms with Gasteiger partial charge in [-0.25, -0.2) is 19.6 Å². The van der Waals surface area contributed by atoms with Crippen LogP contribution in [0.3, 0.4) is 0 Å². The number of piperidine rings is 1. The summed E-state index contributed by atoms with van der Waals surface area (Å²) in [5.74, 6) is 0.227. The molecule has 0 spiro atoms. The molecule has 0 aromatic carbocycles. The highest BCUT2D eigenvalue weighted by Gasteiger charge is 2.30. The maximum Gasteiger partial charge on any atom is 0.410 e. The third-order valence-electron chi connectivity index (χ3n) is 7.80. The highest BCUT2D eigenvalue weighted by molar-refractivity contribution is 7.22. The summed E-state index contributed by atoms with van der Waals surface area (Å²) in [6.07, 6.45) is 9.45. The molecule has 5 aromatic rings. The number of hydrogen-bond donors (Lipinski definition) is 0. The predicted molar refractivity (Wildman–Crippen MR) is 205 cm³/mol. The molecule has 11 nitrogen and oxygen atoms in total. The summed E-state index contributed by atoms with van der Waals surface area (Å²) in [6.45, 7) is 17.7. The minimum absolute atomic E-state index is 0.227. The molecule has 7 heterocycles. The number of fused-ring (bicyclic) bond motifs is 3. The Kier molecular flexibility index (Phi) is 12.1. The molecule has 5 aromatic heterocycles. The number of thiazole rings is 2. The normalized spacial score (nSPS) is 14.7. The number of carbonyl (C=O) groups is 3. The van der Waals surface area contributed by atoms with E-state index in [1.807, 2.05) is 66.1 Å². The van der Waals surface area contributed by atoms with E-state index in [0.717, 1.165) is 33.6 Å². The largest absolute Gasteiger partial charge is 0.444 e. The average Bonchev–Trinajstić information content (AvgIpc) is 3.77. The number of pyridine rings is 2. The van der Waals surface area contributed by atoms with Crippen LogP contribution in [0.5, 0.6) is 0 Å². The number of rotatable bonds is 2. The molecule has 272 valence electrons. The monoisotopic (exact) mass is 750 g/mol. The number of likely N-dealkylation sites (tertiary alicyclic amines) is 1. The molecule has 1 saturated heterocycles. The Morgan fingerprint density at radius 1 is 0.784 bits per heavy atom. The van der Waals surface area contributed by atoms with Crippen molar-refractivity contribution in [1.29, 1.82) is 0 Å². The Morgan fingerprint density at radius 3 is 1.88 bits per heavy atom. The van der Waals surface area contributed by atoms with Crippen LogP contribution in [0.2, 0.25) is 0 Å². The Balaban J connectivity index is 0.000000169. The van der Waals surface area contributed by atoms with Gasteiger partial charge >= 0.3 is 12.2 Å². The first-order valence-corrected chi connectivity index (χ1v) is 19.5. The van der Waals surface area contributed by atoms with Crippen LogP contribution >= 0.6 is 34.0 Å². The van der Waals surface area contributed by atoms with Gasteiger partial charge in [-0.3, -0.25) is 14.8 Å². The molecule has 0 N–H and O–H groups in total. The second-order valence-corrected chi connectivity index (χ2v) is 17.7. The number of aryl methyl sites for hydroxylation is 2. The summed E-state index contributed by atoms with van der Waals surface area (Å²) in [7, 11) is 0. The van der Waals surface area contributed by atoms with Gasteiger partial charge in [0.1, 0.15) is 27.5 Å². The second kappa shape index (κ2) is 16.1. The zero-order chi connectivity index (χ0) is 36.9. The standard InChI is InChI=1S/C19H21N3O2S2.C10H17NO3.C8H8N2S/c1-11-16(17-21-13-9-20-7-5-14(13)26-17)12-6-8-22(10-15(12)25-11)18(23)24-19(2,3)4;1-10(2,3)14-9(13)11-6-4-8(12)5-7-11;1-2-8-10-6-5-9-4-3-7(6)11-8/h5,7,9H,6,8,10H2,1-4H3;4-7H2,1-3H3;3-5H,2H2,1H3. The second-order valence-electron chi connectivity index (χ2n) is 14.3. The summed E-state index contributed by atoms with van der Waals surface area (Å²) >= 11 is 5.22. The fourth-order valence-corrected chi connectivity index (χ4v) is 8.67. The van der Waals surface area contributed by atoms with E-state index in [2.05, 4.69) is 28.8 Å². The van der Waals surface area contributed by atoms with Gasteiger partial charge in [-0.05, 0) is 79.0 Å². The van der Waals surface area contributed by atoms with E-state index in [1.54, 1.807) is 56.2 Å². The zero-order valence-electron chi connectivity index (χ0n) is 30.6. The third kappa shape index (κ3) is 10.3. The van der Waals surface area contributed by atoms with Gasteiger partial charge in [-0.1, -0.05) is 6.92 Å². The molecule has 0 aliphatic carbocycles. The molecule has 0 radical (unpaired) electrons. The number of ether oxygens (including phenoxy) is 2. The summed E-state index contributed by atoms with van der Waals surface area (Å²) < 4.78 is 13.1. The van der Waals surface area contributed by atoms with Crippen LogP contribution in [-0.4, -0.2) is 78.5 Å². The number of amides is 2. The van der Waals surface area contributed by atoms with Crippen molar-refractivity contribution in [2.24, 2.45) is 0 Å². The van der Waals surface area contributed by atoms with Crippen LogP contribution in [0.25, 0.3) is 31.0 Å². The van der Waals surface area contributed by atoms with Gasteiger partial charge in [0.25, 0.3) is 0 Å². The van der Waals surface area contributed by atoms with Crippen LogP contribution in [0, 0.1) is 6.92 Å². The molecule has 7 rings (SSSR count). The number of carbonyl (C=O) groups excluding carboxylic acids is 3. The maximum absolute atomic E-state index is 12.4. The number of thiophene rings is 1. The van der Waals surface area contributed by atoms with Crippen molar-refractivity contribution >= 4 is 72.4 Å². The third-order valence-corrected chi connectivity index (χ3v) is 11.2. The van der Waals surface area contributed by atoms with E-state index in [4.69, 9.17) is 14.5 Å². The van der Waals surface area contributed by atoms with Gasteiger partial charge in [0.2, 0.25) is 0 Å². The number of nitrogens with zero attached hydrogens (tertiary/aromatic N) is 6. The Bertz CT molecular complexity index is 1930. The van der Waals surface area contributed by atoms with Gasteiger partial charge < -0.3 is 19.3 Å².